The smallest absolute Gasteiger partial charge is 0.336 e. The van der Waals surface area contributed by atoms with Crippen LogP contribution in [-0.2, 0) is 4.79 Å². The third-order valence-electron chi connectivity index (χ3n) is 4.84. The molecule has 1 aromatic heterocycles. The van der Waals surface area contributed by atoms with Crippen molar-refractivity contribution in [1.29, 1.82) is 0 Å². The van der Waals surface area contributed by atoms with E-state index in [0.717, 1.165) is 5.56 Å². The Morgan fingerprint density at radius 1 is 0.833 bits per heavy atom. The minimum absolute atomic E-state index is 0.157. The number of hydrogen-bond donors (Lipinski definition) is 2. The number of carbonyl (C=O) groups excluding carboxylic acids is 3. The van der Waals surface area contributed by atoms with Gasteiger partial charge >= 0.3 is 5.97 Å². The number of esters is 1. The van der Waals surface area contributed by atoms with Crippen LogP contribution in [-0.4, -0.2) is 24.0 Å². The van der Waals surface area contributed by atoms with E-state index in [2.05, 4.69) is 15.8 Å². The first-order chi connectivity index (χ1) is 17.6. The third-order valence-corrected chi connectivity index (χ3v) is 4.84. The normalized spacial score (nSPS) is 10.9. The summed E-state index contributed by atoms with van der Waals surface area (Å²) in [6.45, 7) is 0. The highest BCUT2D eigenvalue weighted by atomic mass is 16.5. The van der Waals surface area contributed by atoms with Gasteiger partial charge < -0.3 is 14.5 Å². The second-order valence-electron chi connectivity index (χ2n) is 7.41. The largest absolute Gasteiger partial charge is 0.459 e. The summed E-state index contributed by atoms with van der Waals surface area (Å²) in [6, 6.07) is 25.7. The Morgan fingerprint density at radius 2 is 1.64 bits per heavy atom. The molecular formula is C28H21N3O5. The highest BCUT2D eigenvalue weighted by molar-refractivity contribution is 6.03. The minimum atomic E-state index is -0.544. The molecule has 0 bridgehead atoms. The average molecular weight is 479 g/mol. The molecule has 4 aromatic rings. The molecule has 4 rings (SSSR count). The van der Waals surface area contributed by atoms with Crippen LogP contribution in [0.3, 0.4) is 0 Å². The standard InChI is InChI=1S/C28H21N3O5/c32-26(16-15-20-8-2-1-3-9-20)36-24-13-5-4-10-22(24)19-29-31-27(33)21-11-6-12-23(18-21)30-28(34)25-14-7-17-35-25/h1-19H,(H,30,34)(H,31,33)/b16-15+,29-19?. The van der Waals surface area contributed by atoms with Crippen LogP contribution in [0.5, 0.6) is 5.75 Å². The third kappa shape index (κ3) is 6.64. The molecule has 0 aliphatic heterocycles. The number of hydrazone groups is 1. The van der Waals surface area contributed by atoms with Crippen molar-refractivity contribution in [1.82, 2.24) is 5.43 Å². The first kappa shape index (κ1) is 23.9. The number of nitrogens with one attached hydrogen (secondary N) is 2. The zero-order valence-electron chi connectivity index (χ0n) is 19.0. The Morgan fingerprint density at radius 3 is 2.44 bits per heavy atom. The SMILES string of the molecule is O=C(/C=C/c1ccccc1)Oc1ccccc1C=NNC(=O)c1cccc(NC(=O)c2ccco2)c1. The van der Waals surface area contributed by atoms with Crippen LogP contribution in [0.25, 0.3) is 6.08 Å². The van der Waals surface area contributed by atoms with E-state index in [4.69, 9.17) is 9.15 Å². The van der Waals surface area contributed by atoms with Gasteiger partial charge in [-0.2, -0.15) is 5.10 Å². The van der Waals surface area contributed by atoms with Crippen molar-refractivity contribution >= 4 is 35.8 Å². The summed E-state index contributed by atoms with van der Waals surface area (Å²) in [5, 5.41) is 6.64. The van der Waals surface area contributed by atoms with Gasteiger partial charge in [0.05, 0.1) is 12.5 Å². The maximum absolute atomic E-state index is 12.5. The predicted octanol–water partition coefficient (Wildman–Crippen LogP) is 4.91. The number of rotatable bonds is 8. The first-order valence-electron chi connectivity index (χ1n) is 10.9. The summed E-state index contributed by atoms with van der Waals surface area (Å²) < 4.78 is 10.5. The molecule has 8 nitrogen and oxygen atoms in total. The number of para-hydroxylation sites is 1. The molecule has 0 radical (unpaired) electrons. The van der Waals surface area contributed by atoms with Gasteiger partial charge in [-0.15, -0.1) is 0 Å². The van der Waals surface area contributed by atoms with Crippen molar-refractivity contribution in [2.75, 3.05) is 5.32 Å². The molecule has 0 unspecified atom stereocenters. The van der Waals surface area contributed by atoms with Crippen LogP contribution in [0.15, 0.2) is 113 Å². The van der Waals surface area contributed by atoms with E-state index in [1.807, 2.05) is 30.3 Å². The van der Waals surface area contributed by atoms with Gasteiger partial charge in [-0.25, -0.2) is 10.2 Å². The fourth-order valence-electron chi connectivity index (χ4n) is 3.11. The summed E-state index contributed by atoms with van der Waals surface area (Å²) in [5.74, 6) is -1.01. The van der Waals surface area contributed by atoms with E-state index in [1.54, 1.807) is 54.6 Å². The lowest BCUT2D eigenvalue weighted by Crippen LogP contribution is -2.18. The van der Waals surface area contributed by atoms with Gasteiger partial charge in [-0.1, -0.05) is 48.5 Å². The zero-order chi connectivity index (χ0) is 25.2. The highest BCUT2D eigenvalue weighted by Gasteiger charge is 2.11. The fraction of sp³-hybridized carbons (Fsp3) is 0. The average Bonchev–Trinajstić information content (AvgIpc) is 3.45. The van der Waals surface area contributed by atoms with Crippen LogP contribution in [0.2, 0.25) is 0 Å². The van der Waals surface area contributed by atoms with Gasteiger partial charge in [0.2, 0.25) is 0 Å². The second-order valence-corrected chi connectivity index (χ2v) is 7.41. The van der Waals surface area contributed by atoms with E-state index in [-0.39, 0.29) is 11.3 Å². The Labute approximate surface area is 206 Å². The Balaban J connectivity index is 1.36. The molecule has 0 atom stereocenters. The van der Waals surface area contributed by atoms with Crippen LogP contribution in [0.1, 0.15) is 32.0 Å². The topological polar surface area (TPSA) is 110 Å². The van der Waals surface area contributed by atoms with E-state index in [9.17, 15) is 14.4 Å². The zero-order valence-corrected chi connectivity index (χ0v) is 19.0. The van der Waals surface area contributed by atoms with Crippen molar-refractivity contribution < 1.29 is 23.5 Å². The molecule has 1 heterocycles. The van der Waals surface area contributed by atoms with Crippen LogP contribution in [0.4, 0.5) is 5.69 Å². The Hall–Kier alpha value is -5.24. The molecule has 0 fully saturated rings. The van der Waals surface area contributed by atoms with Crippen molar-refractivity contribution in [3.8, 4) is 5.75 Å². The molecule has 0 saturated carbocycles. The van der Waals surface area contributed by atoms with Crippen molar-refractivity contribution in [2.24, 2.45) is 5.10 Å². The van der Waals surface area contributed by atoms with Gasteiger partial charge in [0, 0.05) is 22.9 Å². The number of ether oxygens (including phenoxy) is 1. The Bertz CT molecular complexity index is 1410. The Kier molecular flexibility index (Phi) is 7.81. The molecular weight excluding hydrogens is 458 g/mol. The van der Waals surface area contributed by atoms with Crippen molar-refractivity contribution in [3.05, 3.63) is 126 Å². The highest BCUT2D eigenvalue weighted by Crippen LogP contribution is 2.17. The van der Waals surface area contributed by atoms with Gasteiger partial charge in [-0.05, 0) is 54.1 Å². The van der Waals surface area contributed by atoms with Gasteiger partial charge in [0.1, 0.15) is 5.75 Å². The number of hydrogen-bond acceptors (Lipinski definition) is 6. The molecule has 0 saturated heterocycles. The van der Waals surface area contributed by atoms with Crippen molar-refractivity contribution in [2.45, 2.75) is 0 Å². The lowest BCUT2D eigenvalue weighted by molar-refractivity contribution is -0.128. The predicted molar refractivity (Wildman–Crippen MR) is 136 cm³/mol. The second kappa shape index (κ2) is 11.8. The van der Waals surface area contributed by atoms with E-state index < -0.39 is 17.8 Å². The maximum atomic E-state index is 12.5. The van der Waals surface area contributed by atoms with Crippen LogP contribution in [0, 0.1) is 0 Å². The first-order valence-corrected chi connectivity index (χ1v) is 10.9. The quantitative estimate of drug-likeness (QED) is 0.123. The van der Waals surface area contributed by atoms with Gasteiger partial charge in [-0.3, -0.25) is 9.59 Å². The van der Waals surface area contributed by atoms with E-state index in [0.29, 0.717) is 17.0 Å². The lowest BCUT2D eigenvalue weighted by Gasteiger charge is -2.06. The fourth-order valence-corrected chi connectivity index (χ4v) is 3.11. The maximum Gasteiger partial charge on any atom is 0.336 e. The molecule has 3 aromatic carbocycles. The number of anilines is 1. The van der Waals surface area contributed by atoms with E-state index in [1.165, 1.54) is 30.7 Å². The summed E-state index contributed by atoms with van der Waals surface area (Å²) >= 11 is 0. The summed E-state index contributed by atoms with van der Waals surface area (Å²) in [4.78, 5) is 36.9. The number of furan rings is 1. The van der Waals surface area contributed by atoms with Crippen LogP contribution < -0.4 is 15.5 Å². The summed E-state index contributed by atoms with van der Waals surface area (Å²) in [5.41, 5.74) is 4.51. The molecule has 178 valence electrons. The van der Waals surface area contributed by atoms with Crippen molar-refractivity contribution in [3.63, 3.8) is 0 Å². The number of nitrogens with zero attached hydrogens (tertiary/aromatic N) is 1. The molecule has 0 spiro atoms. The molecule has 2 N–H and O–H groups in total. The van der Waals surface area contributed by atoms with Gasteiger partial charge in [0.15, 0.2) is 5.76 Å². The number of benzene rings is 3. The molecule has 8 heteroatoms. The molecule has 0 aliphatic rings. The lowest BCUT2D eigenvalue weighted by atomic mass is 10.2. The van der Waals surface area contributed by atoms with Gasteiger partial charge in [0.25, 0.3) is 11.8 Å². The number of carbonyl (C=O) groups is 3. The molecule has 2 amide bonds. The summed E-state index contributed by atoms with van der Waals surface area (Å²) in [7, 11) is 0. The van der Waals surface area contributed by atoms with E-state index >= 15 is 0 Å². The molecule has 36 heavy (non-hydrogen) atoms. The monoisotopic (exact) mass is 479 g/mol. The number of amides is 2. The molecule has 0 aliphatic carbocycles. The van der Waals surface area contributed by atoms with Crippen LogP contribution >= 0.6 is 0 Å². The summed E-state index contributed by atoms with van der Waals surface area (Å²) in [6.07, 6.45) is 5.77. The minimum Gasteiger partial charge on any atom is -0.459 e.